The SMILES string of the molecule is [C-]#[N+]C(C)(C(=O)N1CCCCC1)c1ccc(C#N)cc1. The maximum absolute atomic E-state index is 12.7. The number of carbonyl (C=O) groups is 1. The number of nitriles is 1. The molecule has 1 saturated heterocycles. The number of rotatable bonds is 2. The Morgan fingerprint density at radius 1 is 1.30 bits per heavy atom. The van der Waals surface area contributed by atoms with Gasteiger partial charge in [-0.15, -0.1) is 0 Å². The summed E-state index contributed by atoms with van der Waals surface area (Å²) in [5.74, 6) is -0.128. The number of hydrogen-bond acceptors (Lipinski definition) is 2. The standard InChI is InChI=1S/C16H17N3O/c1-16(18-2,14-8-6-13(12-17)7-9-14)15(20)19-10-4-3-5-11-19/h6-9H,3-5,10-11H2,1H3. The van der Waals surface area contributed by atoms with Crippen LogP contribution in [0.15, 0.2) is 24.3 Å². The predicted octanol–water partition coefficient (Wildman–Crippen LogP) is 2.71. The highest BCUT2D eigenvalue weighted by Crippen LogP contribution is 2.29. The summed E-state index contributed by atoms with van der Waals surface area (Å²) in [7, 11) is 0. The van der Waals surface area contributed by atoms with E-state index in [-0.39, 0.29) is 5.91 Å². The van der Waals surface area contributed by atoms with E-state index in [0.717, 1.165) is 32.4 Å². The van der Waals surface area contributed by atoms with Gasteiger partial charge in [0.1, 0.15) is 0 Å². The van der Waals surface area contributed by atoms with Crippen LogP contribution in [0.5, 0.6) is 0 Å². The van der Waals surface area contributed by atoms with Crippen LogP contribution in [0.4, 0.5) is 0 Å². The maximum atomic E-state index is 12.7. The molecule has 1 aromatic carbocycles. The molecule has 0 spiro atoms. The van der Waals surface area contributed by atoms with Crippen molar-refractivity contribution in [2.45, 2.75) is 31.7 Å². The van der Waals surface area contributed by atoms with E-state index in [1.165, 1.54) is 0 Å². The molecule has 0 saturated carbocycles. The number of carbonyl (C=O) groups excluding carboxylic acids is 1. The highest BCUT2D eigenvalue weighted by atomic mass is 16.2. The zero-order valence-corrected chi connectivity index (χ0v) is 11.6. The maximum Gasteiger partial charge on any atom is 0.331 e. The second-order valence-corrected chi connectivity index (χ2v) is 5.23. The zero-order valence-electron chi connectivity index (χ0n) is 11.6. The summed E-state index contributed by atoms with van der Waals surface area (Å²) in [4.78, 5) is 18.0. The number of piperidine rings is 1. The van der Waals surface area contributed by atoms with Gasteiger partial charge in [-0.05, 0) is 43.5 Å². The quantitative estimate of drug-likeness (QED) is 0.773. The lowest BCUT2D eigenvalue weighted by Crippen LogP contribution is -2.45. The minimum absolute atomic E-state index is 0.128. The van der Waals surface area contributed by atoms with E-state index >= 15 is 0 Å². The molecule has 0 bridgehead atoms. The fourth-order valence-corrected chi connectivity index (χ4v) is 2.51. The molecule has 1 fully saturated rings. The Bertz CT molecular complexity index is 573. The average molecular weight is 267 g/mol. The lowest BCUT2D eigenvalue weighted by molar-refractivity contribution is -0.136. The van der Waals surface area contributed by atoms with Gasteiger partial charge in [-0.25, -0.2) is 6.57 Å². The van der Waals surface area contributed by atoms with Crippen molar-refractivity contribution in [2.24, 2.45) is 0 Å². The summed E-state index contributed by atoms with van der Waals surface area (Å²) >= 11 is 0. The summed E-state index contributed by atoms with van der Waals surface area (Å²) in [5.41, 5.74) is -0.000665. The molecular formula is C16H17N3O. The minimum atomic E-state index is -1.19. The first-order chi connectivity index (χ1) is 9.61. The van der Waals surface area contributed by atoms with Crippen LogP contribution in [-0.4, -0.2) is 23.9 Å². The molecule has 1 heterocycles. The normalized spacial score (nSPS) is 17.6. The van der Waals surface area contributed by atoms with Crippen LogP contribution < -0.4 is 0 Å². The van der Waals surface area contributed by atoms with Crippen molar-refractivity contribution >= 4 is 5.91 Å². The van der Waals surface area contributed by atoms with Crippen molar-refractivity contribution in [3.05, 3.63) is 46.8 Å². The topological polar surface area (TPSA) is 48.5 Å². The molecule has 1 aliphatic heterocycles. The monoisotopic (exact) mass is 267 g/mol. The predicted molar refractivity (Wildman–Crippen MR) is 75.5 cm³/mol. The first kappa shape index (κ1) is 14.1. The first-order valence-electron chi connectivity index (χ1n) is 6.80. The molecule has 20 heavy (non-hydrogen) atoms. The van der Waals surface area contributed by atoms with Crippen molar-refractivity contribution in [2.75, 3.05) is 13.1 Å². The highest BCUT2D eigenvalue weighted by molar-refractivity contribution is 5.89. The summed E-state index contributed by atoms with van der Waals surface area (Å²) in [6.45, 7) is 10.6. The Hall–Kier alpha value is -2.33. The van der Waals surface area contributed by atoms with Crippen LogP contribution in [0.1, 0.15) is 37.3 Å². The van der Waals surface area contributed by atoms with Crippen LogP contribution >= 0.6 is 0 Å². The summed E-state index contributed by atoms with van der Waals surface area (Å²) in [6.07, 6.45) is 3.16. The molecule has 1 atom stereocenters. The molecule has 102 valence electrons. The van der Waals surface area contributed by atoms with Gasteiger partial charge in [0, 0.05) is 25.6 Å². The van der Waals surface area contributed by atoms with Gasteiger partial charge in [0.15, 0.2) is 0 Å². The molecule has 1 unspecified atom stereocenters. The van der Waals surface area contributed by atoms with Gasteiger partial charge in [-0.1, -0.05) is 0 Å². The Morgan fingerprint density at radius 3 is 2.40 bits per heavy atom. The van der Waals surface area contributed by atoms with Gasteiger partial charge in [-0.2, -0.15) is 5.26 Å². The van der Waals surface area contributed by atoms with Crippen LogP contribution in [0.2, 0.25) is 0 Å². The second kappa shape index (κ2) is 5.75. The van der Waals surface area contributed by atoms with E-state index in [1.54, 1.807) is 36.1 Å². The highest BCUT2D eigenvalue weighted by Gasteiger charge is 2.45. The van der Waals surface area contributed by atoms with Crippen LogP contribution in [0, 0.1) is 17.9 Å². The molecule has 2 rings (SSSR count). The van der Waals surface area contributed by atoms with Gasteiger partial charge in [0.05, 0.1) is 11.6 Å². The molecule has 0 N–H and O–H groups in total. The molecule has 1 aliphatic rings. The average Bonchev–Trinajstić information content (AvgIpc) is 2.54. The molecule has 1 amide bonds. The van der Waals surface area contributed by atoms with Crippen molar-refractivity contribution in [1.82, 2.24) is 4.90 Å². The van der Waals surface area contributed by atoms with E-state index in [0.29, 0.717) is 11.1 Å². The molecule has 0 aromatic heterocycles. The van der Waals surface area contributed by atoms with Gasteiger partial charge in [-0.3, -0.25) is 9.64 Å². The molecule has 0 aliphatic carbocycles. The smallest absolute Gasteiger partial charge is 0.331 e. The Kier molecular flexibility index (Phi) is 4.05. The van der Waals surface area contributed by atoms with Gasteiger partial charge in [0.2, 0.25) is 0 Å². The lowest BCUT2D eigenvalue weighted by atomic mass is 9.90. The van der Waals surface area contributed by atoms with E-state index in [2.05, 4.69) is 4.85 Å². The van der Waals surface area contributed by atoms with E-state index in [9.17, 15) is 4.79 Å². The van der Waals surface area contributed by atoms with Gasteiger partial charge in [0.25, 0.3) is 0 Å². The van der Waals surface area contributed by atoms with Crippen molar-refractivity contribution in [1.29, 1.82) is 5.26 Å². The zero-order chi connectivity index (χ0) is 14.6. The van der Waals surface area contributed by atoms with Crippen molar-refractivity contribution in [3.63, 3.8) is 0 Å². The molecular weight excluding hydrogens is 250 g/mol. The Labute approximate surface area is 119 Å². The number of amides is 1. The third-order valence-corrected chi connectivity index (χ3v) is 3.86. The summed E-state index contributed by atoms with van der Waals surface area (Å²) in [5, 5.41) is 8.82. The van der Waals surface area contributed by atoms with E-state index in [4.69, 9.17) is 11.8 Å². The fourth-order valence-electron chi connectivity index (χ4n) is 2.51. The summed E-state index contributed by atoms with van der Waals surface area (Å²) in [6, 6.07) is 8.77. The lowest BCUT2D eigenvalue weighted by Gasteiger charge is -2.30. The number of hydrogen-bond donors (Lipinski definition) is 0. The minimum Gasteiger partial charge on any atom is -0.335 e. The largest absolute Gasteiger partial charge is 0.335 e. The van der Waals surface area contributed by atoms with Crippen LogP contribution in [0.25, 0.3) is 4.85 Å². The van der Waals surface area contributed by atoms with Crippen molar-refractivity contribution < 1.29 is 4.79 Å². The van der Waals surface area contributed by atoms with E-state index in [1.807, 2.05) is 6.07 Å². The fraction of sp³-hybridized carbons (Fsp3) is 0.438. The Balaban J connectivity index is 2.30. The third-order valence-electron chi connectivity index (χ3n) is 3.86. The number of likely N-dealkylation sites (tertiary alicyclic amines) is 1. The Morgan fingerprint density at radius 2 is 1.90 bits per heavy atom. The van der Waals surface area contributed by atoms with E-state index < -0.39 is 5.54 Å². The van der Waals surface area contributed by atoms with Crippen LogP contribution in [0.3, 0.4) is 0 Å². The van der Waals surface area contributed by atoms with Gasteiger partial charge < -0.3 is 4.90 Å². The summed E-state index contributed by atoms with van der Waals surface area (Å²) < 4.78 is 0. The molecule has 4 nitrogen and oxygen atoms in total. The first-order valence-corrected chi connectivity index (χ1v) is 6.80. The second-order valence-electron chi connectivity index (χ2n) is 5.23. The van der Waals surface area contributed by atoms with Gasteiger partial charge >= 0.3 is 11.4 Å². The number of nitrogens with zero attached hydrogens (tertiary/aromatic N) is 3. The van der Waals surface area contributed by atoms with Crippen LogP contribution in [-0.2, 0) is 10.3 Å². The number of benzene rings is 1. The molecule has 0 radical (unpaired) electrons. The molecule has 4 heteroatoms. The van der Waals surface area contributed by atoms with Crippen molar-refractivity contribution in [3.8, 4) is 6.07 Å². The molecule has 1 aromatic rings. The third kappa shape index (κ3) is 2.51.